The fraction of sp³-hybridized carbons (Fsp3) is 0. The summed E-state index contributed by atoms with van der Waals surface area (Å²) < 4.78 is 5.32. The molecule has 0 bridgehead atoms. The van der Waals surface area contributed by atoms with Gasteiger partial charge in [0.15, 0.2) is 0 Å². The van der Waals surface area contributed by atoms with Gasteiger partial charge < -0.3 is 4.90 Å². The topological polar surface area (TPSA) is 3.24 Å². The molecule has 2 aromatic heterocycles. The van der Waals surface area contributed by atoms with Crippen LogP contribution in [0.4, 0.5) is 11.4 Å². The van der Waals surface area contributed by atoms with Crippen LogP contribution in [-0.4, -0.2) is 0 Å². The molecular formula is C36H23NS2. The van der Waals surface area contributed by atoms with Crippen molar-refractivity contribution in [2.75, 3.05) is 4.90 Å². The lowest BCUT2D eigenvalue weighted by Crippen LogP contribution is -2.11. The molecule has 0 aliphatic carbocycles. The van der Waals surface area contributed by atoms with Gasteiger partial charge in [-0.25, -0.2) is 0 Å². The highest BCUT2D eigenvalue weighted by molar-refractivity contribution is 7.27. The molecule has 0 fully saturated rings. The summed E-state index contributed by atoms with van der Waals surface area (Å²) in [6.45, 7) is 4.33. The summed E-state index contributed by atoms with van der Waals surface area (Å²) in [5, 5.41) is 5.26. The normalized spacial score (nSPS) is 15.1. The van der Waals surface area contributed by atoms with Gasteiger partial charge in [0.25, 0.3) is 0 Å². The van der Waals surface area contributed by atoms with E-state index in [-0.39, 0.29) is 0 Å². The Balaban J connectivity index is 1.40. The van der Waals surface area contributed by atoms with E-state index >= 15 is 0 Å². The van der Waals surface area contributed by atoms with Gasteiger partial charge in [-0.2, -0.15) is 0 Å². The van der Waals surface area contributed by atoms with Gasteiger partial charge in [-0.1, -0.05) is 97.6 Å². The number of para-hydroxylation sites is 1. The van der Waals surface area contributed by atoms with Crippen molar-refractivity contribution >= 4 is 80.0 Å². The Morgan fingerprint density at radius 3 is 2.03 bits per heavy atom. The second-order valence-corrected chi connectivity index (χ2v) is 11.9. The number of rotatable bonds is 2. The molecule has 1 aliphatic rings. The highest BCUT2D eigenvalue weighted by Crippen LogP contribution is 2.48. The first kappa shape index (κ1) is 22.5. The van der Waals surface area contributed by atoms with Gasteiger partial charge in [0.2, 0.25) is 0 Å². The van der Waals surface area contributed by atoms with E-state index in [2.05, 4.69) is 139 Å². The zero-order chi connectivity index (χ0) is 25.9. The molecule has 8 rings (SSSR count). The van der Waals surface area contributed by atoms with Crippen molar-refractivity contribution in [1.82, 2.24) is 0 Å². The lowest BCUT2D eigenvalue weighted by molar-refractivity contribution is 1.28. The van der Waals surface area contributed by atoms with Crippen LogP contribution < -0.4 is 4.90 Å². The molecule has 0 saturated heterocycles. The largest absolute Gasteiger partial charge is 0.316 e. The minimum absolute atomic E-state index is 1.01. The summed E-state index contributed by atoms with van der Waals surface area (Å²) >= 11 is 3.78. The number of allylic oxidation sites excluding steroid dienone is 4. The third-order valence-electron chi connectivity index (χ3n) is 7.61. The third kappa shape index (κ3) is 3.44. The molecule has 5 aromatic carbocycles. The molecular weight excluding hydrogens is 511 g/mol. The first-order valence-corrected chi connectivity index (χ1v) is 14.7. The van der Waals surface area contributed by atoms with E-state index in [1.807, 2.05) is 22.7 Å². The second kappa shape index (κ2) is 8.81. The molecule has 7 aromatic rings. The molecule has 3 heteroatoms. The van der Waals surface area contributed by atoms with E-state index in [9.17, 15) is 0 Å². The van der Waals surface area contributed by atoms with Gasteiger partial charge in [0.05, 0.1) is 11.4 Å². The lowest BCUT2D eigenvalue weighted by atomic mass is 9.99. The van der Waals surface area contributed by atoms with E-state index in [0.29, 0.717) is 0 Å². The van der Waals surface area contributed by atoms with Crippen LogP contribution in [0.3, 0.4) is 0 Å². The Morgan fingerprint density at radius 2 is 1.13 bits per heavy atom. The number of benzene rings is 5. The zero-order valence-corrected chi connectivity index (χ0v) is 22.7. The SMILES string of the molecule is C=C1/C=C\C=C/N(c2cccc3sc4c(-c5cccc6c5sc5ccccc56)cccc4c23)c2ccccc21. The van der Waals surface area contributed by atoms with Gasteiger partial charge in [-0.15, -0.1) is 22.7 Å². The van der Waals surface area contributed by atoms with Gasteiger partial charge >= 0.3 is 0 Å². The second-order valence-electron chi connectivity index (χ2n) is 9.83. The number of fused-ring (bicyclic) bond motifs is 7. The molecule has 0 N–H and O–H groups in total. The summed E-state index contributed by atoms with van der Waals surface area (Å²) in [6, 6.07) is 37.5. The van der Waals surface area contributed by atoms with Crippen molar-refractivity contribution in [3.63, 3.8) is 0 Å². The highest BCUT2D eigenvalue weighted by Gasteiger charge is 2.20. The van der Waals surface area contributed by atoms with Gasteiger partial charge in [0, 0.05) is 63.2 Å². The number of hydrogen-bond donors (Lipinski definition) is 0. The summed E-state index contributed by atoms with van der Waals surface area (Å²) in [4.78, 5) is 2.32. The molecule has 0 radical (unpaired) electrons. The summed E-state index contributed by atoms with van der Waals surface area (Å²) in [5.41, 5.74) is 7.10. The van der Waals surface area contributed by atoms with Crippen molar-refractivity contribution in [2.24, 2.45) is 0 Å². The zero-order valence-electron chi connectivity index (χ0n) is 21.1. The van der Waals surface area contributed by atoms with Crippen LogP contribution in [0.1, 0.15) is 5.56 Å². The van der Waals surface area contributed by atoms with Gasteiger partial charge in [-0.05, 0) is 35.9 Å². The Morgan fingerprint density at radius 1 is 0.513 bits per heavy atom. The predicted molar refractivity (Wildman–Crippen MR) is 174 cm³/mol. The van der Waals surface area contributed by atoms with E-state index in [0.717, 1.165) is 16.8 Å². The maximum atomic E-state index is 4.33. The highest BCUT2D eigenvalue weighted by atomic mass is 32.1. The molecule has 39 heavy (non-hydrogen) atoms. The molecule has 184 valence electrons. The fourth-order valence-electron chi connectivity index (χ4n) is 5.84. The number of anilines is 2. The van der Waals surface area contributed by atoms with E-state index in [4.69, 9.17) is 0 Å². The first-order chi connectivity index (χ1) is 19.3. The molecule has 0 spiro atoms. The average molecular weight is 534 g/mol. The minimum atomic E-state index is 1.01. The molecule has 0 saturated carbocycles. The molecule has 1 aliphatic heterocycles. The van der Waals surface area contributed by atoms with Crippen LogP contribution >= 0.6 is 22.7 Å². The molecule has 0 amide bonds. The summed E-state index contributed by atoms with van der Waals surface area (Å²) in [7, 11) is 0. The van der Waals surface area contributed by atoms with Gasteiger partial charge in [0.1, 0.15) is 0 Å². The van der Waals surface area contributed by atoms with E-state index in [1.165, 1.54) is 57.2 Å². The maximum absolute atomic E-state index is 4.33. The monoisotopic (exact) mass is 533 g/mol. The number of thiophene rings is 2. The van der Waals surface area contributed by atoms with E-state index < -0.39 is 0 Å². The standard InChI is InChI=1S/C36H23NS2/c1-23-11-6-7-22-37(30-18-4-2-12-24(23)30)31-19-10-21-33-34(31)29-17-9-16-28(36(29)39-33)27-15-8-14-26-25-13-3-5-20-32(25)38-35(26)27/h2-22H,1H2/b11-6-,22-7-. The summed E-state index contributed by atoms with van der Waals surface area (Å²) in [6.07, 6.45) is 8.42. The molecule has 1 nitrogen and oxygen atoms in total. The molecule has 3 heterocycles. The third-order valence-corrected chi connectivity index (χ3v) is 10.0. The minimum Gasteiger partial charge on any atom is -0.316 e. The van der Waals surface area contributed by atoms with Crippen molar-refractivity contribution < 1.29 is 0 Å². The van der Waals surface area contributed by atoms with Gasteiger partial charge in [-0.3, -0.25) is 0 Å². The Bertz CT molecular complexity index is 2150. The van der Waals surface area contributed by atoms with Crippen LogP contribution in [0.5, 0.6) is 0 Å². The van der Waals surface area contributed by atoms with E-state index in [1.54, 1.807) is 0 Å². The quantitative estimate of drug-likeness (QED) is 0.214. The Labute approximate surface area is 234 Å². The van der Waals surface area contributed by atoms with Crippen molar-refractivity contribution in [1.29, 1.82) is 0 Å². The number of hydrogen-bond acceptors (Lipinski definition) is 3. The van der Waals surface area contributed by atoms with Crippen molar-refractivity contribution in [3.05, 3.63) is 140 Å². The van der Waals surface area contributed by atoms with Crippen LogP contribution in [-0.2, 0) is 0 Å². The fourth-order valence-corrected chi connectivity index (χ4v) is 8.33. The van der Waals surface area contributed by atoms with Crippen molar-refractivity contribution in [3.8, 4) is 11.1 Å². The average Bonchev–Trinajstić information content (AvgIpc) is 3.55. The smallest absolute Gasteiger partial charge is 0.0548 e. The molecule has 0 atom stereocenters. The van der Waals surface area contributed by atoms with Crippen LogP contribution in [0.2, 0.25) is 0 Å². The predicted octanol–water partition coefficient (Wildman–Crippen LogP) is 11.3. The number of nitrogens with zero attached hydrogens (tertiary/aromatic N) is 1. The van der Waals surface area contributed by atoms with Crippen LogP contribution in [0, 0.1) is 0 Å². The first-order valence-electron chi connectivity index (χ1n) is 13.1. The maximum Gasteiger partial charge on any atom is 0.0548 e. The van der Waals surface area contributed by atoms with Crippen LogP contribution in [0.15, 0.2) is 134 Å². The van der Waals surface area contributed by atoms with Crippen LogP contribution in [0.25, 0.3) is 57.0 Å². The molecule has 0 unspecified atom stereocenters. The Hall–Kier alpha value is -4.44. The Kier molecular flexibility index (Phi) is 5.09. The lowest BCUT2D eigenvalue weighted by Gasteiger charge is -2.26. The summed E-state index contributed by atoms with van der Waals surface area (Å²) in [5.74, 6) is 0. The van der Waals surface area contributed by atoms with Crippen molar-refractivity contribution in [2.45, 2.75) is 0 Å².